The van der Waals surface area contributed by atoms with Gasteiger partial charge < -0.3 is 0 Å². The molecule has 0 heterocycles. The van der Waals surface area contributed by atoms with Crippen LogP contribution in [0.2, 0.25) is 0 Å². The van der Waals surface area contributed by atoms with Crippen molar-refractivity contribution >= 4 is 0 Å². The molecule has 4 rings (SSSR count). The van der Waals surface area contributed by atoms with Gasteiger partial charge in [0, 0.05) is 0 Å². The summed E-state index contributed by atoms with van der Waals surface area (Å²) < 4.78 is 0. The van der Waals surface area contributed by atoms with E-state index in [0.29, 0.717) is 33.5 Å². The molecule has 0 spiro atoms. The Labute approximate surface area is 194 Å². The minimum absolute atomic E-state index is 0.394. The van der Waals surface area contributed by atoms with Crippen molar-refractivity contribution < 1.29 is 0 Å². The molecule has 0 N–H and O–H groups in total. The van der Waals surface area contributed by atoms with Crippen LogP contribution in [0, 0.1) is 63.1 Å². The lowest BCUT2D eigenvalue weighted by Gasteiger charge is -2.67. The van der Waals surface area contributed by atoms with E-state index in [4.69, 9.17) is 0 Å². The van der Waals surface area contributed by atoms with Crippen molar-refractivity contribution in [1.82, 2.24) is 0 Å². The molecule has 0 aromatic carbocycles. The zero-order chi connectivity index (χ0) is 22.8. The second-order valence-electron chi connectivity index (χ2n) is 14.1. The molecule has 0 heteroatoms. The number of fused-ring (bicyclic) bond motifs is 5. The van der Waals surface area contributed by atoms with E-state index in [2.05, 4.69) is 86.6 Å². The molecule has 0 aliphatic heterocycles. The molecule has 0 bridgehead atoms. The van der Waals surface area contributed by atoms with Gasteiger partial charge in [-0.15, -0.1) is 0 Å². The summed E-state index contributed by atoms with van der Waals surface area (Å²) in [6.45, 7) is 22.8. The highest BCUT2D eigenvalue weighted by molar-refractivity contribution is 5.26. The van der Waals surface area contributed by atoms with Gasteiger partial charge >= 0.3 is 0 Å². The van der Waals surface area contributed by atoms with E-state index in [1.807, 2.05) is 0 Å². The van der Waals surface area contributed by atoms with Gasteiger partial charge in [-0.3, -0.25) is 0 Å². The first-order valence-electron chi connectivity index (χ1n) is 13.8. The summed E-state index contributed by atoms with van der Waals surface area (Å²) in [5, 5.41) is 0. The number of hydrogen-bond acceptors (Lipinski definition) is 0. The number of allylic oxidation sites excluding steroid dienone is 4. The Morgan fingerprint density at radius 2 is 1.52 bits per heavy atom. The van der Waals surface area contributed by atoms with Crippen LogP contribution < -0.4 is 0 Å². The molecule has 3 saturated carbocycles. The van der Waals surface area contributed by atoms with Crippen molar-refractivity contribution in [2.45, 2.75) is 107 Å². The zero-order valence-electron chi connectivity index (χ0n) is 22.3. The zero-order valence-corrected chi connectivity index (χ0v) is 22.3. The molecule has 3 fully saturated rings. The molecular weight excluding hydrogens is 372 g/mol. The summed E-state index contributed by atoms with van der Waals surface area (Å²) in [7, 11) is 0. The van der Waals surface area contributed by atoms with Crippen molar-refractivity contribution in [3.05, 3.63) is 24.3 Å². The number of hydrogen-bond donors (Lipinski definition) is 0. The summed E-state index contributed by atoms with van der Waals surface area (Å²) in [5.74, 6) is 5.61. The predicted molar refractivity (Wildman–Crippen MR) is 136 cm³/mol. The van der Waals surface area contributed by atoms with Crippen LogP contribution in [0.15, 0.2) is 24.3 Å². The van der Waals surface area contributed by atoms with E-state index in [9.17, 15) is 0 Å². The lowest BCUT2D eigenvalue weighted by molar-refractivity contribution is -0.141. The van der Waals surface area contributed by atoms with E-state index in [1.165, 1.54) is 44.9 Å². The van der Waals surface area contributed by atoms with Crippen LogP contribution in [0.3, 0.4) is 0 Å². The molecule has 0 radical (unpaired) electrons. The molecule has 4 aliphatic carbocycles. The third-order valence-corrected chi connectivity index (χ3v) is 12.1. The standard InChI is InChI=1S/C31H52/c1-21(2)23(4)10-11-24(5)25-12-13-26-29(25,7)16-15-27-30(26,8)19-18-28(6)20-22(3)14-17-31(27,28)9/h10-11,18-19,21-27H,12-17,20H2,1-9H3/b11-10+/t22?,23?,24?,25?,26?,27?,28-,29+,30+,31+/m0/s1. The van der Waals surface area contributed by atoms with Gasteiger partial charge in [-0.1, -0.05) is 93.0 Å². The maximum absolute atomic E-state index is 2.77. The van der Waals surface area contributed by atoms with Gasteiger partial charge in [0.2, 0.25) is 0 Å². The summed E-state index contributed by atoms with van der Waals surface area (Å²) in [6.07, 6.45) is 20.7. The van der Waals surface area contributed by atoms with Crippen molar-refractivity contribution in [3.8, 4) is 0 Å². The molecule has 4 aliphatic rings. The molecule has 31 heavy (non-hydrogen) atoms. The third kappa shape index (κ3) is 3.44. The van der Waals surface area contributed by atoms with E-state index < -0.39 is 0 Å². The summed E-state index contributed by atoms with van der Waals surface area (Å²) in [6, 6.07) is 0. The molecule has 0 aromatic rings. The molecule has 0 nitrogen and oxygen atoms in total. The molecule has 0 saturated heterocycles. The summed E-state index contributed by atoms with van der Waals surface area (Å²) in [5.41, 5.74) is 1.79. The minimum Gasteiger partial charge on any atom is -0.0852 e. The van der Waals surface area contributed by atoms with Crippen molar-refractivity contribution in [2.24, 2.45) is 63.1 Å². The minimum atomic E-state index is 0.394. The first kappa shape index (κ1) is 23.6. The van der Waals surface area contributed by atoms with Gasteiger partial charge in [-0.2, -0.15) is 0 Å². The molecule has 10 atom stereocenters. The average Bonchev–Trinajstić information content (AvgIpc) is 3.05. The second kappa shape index (κ2) is 7.77. The average molecular weight is 425 g/mol. The highest BCUT2D eigenvalue weighted by Crippen LogP contribution is 2.73. The van der Waals surface area contributed by atoms with Gasteiger partial charge in [0.15, 0.2) is 0 Å². The Morgan fingerprint density at radius 1 is 0.806 bits per heavy atom. The van der Waals surface area contributed by atoms with Crippen molar-refractivity contribution in [1.29, 1.82) is 0 Å². The Balaban J connectivity index is 1.62. The highest BCUT2D eigenvalue weighted by atomic mass is 14.7. The smallest absolute Gasteiger partial charge is 0.00790 e. The summed E-state index contributed by atoms with van der Waals surface area (Å²) >= 11 is 0. The first-order chi connectivity index (χ1) is 14.4. The quantitative estimate of drug-likeness (QED) is 0.394. The predicted octanol–water partition coefficient (Wildman–Crippen LogP) is 9.32. The fourth-order valence-corrected chi connectivity index (χ4v) is 9.55. The second-order valence-corrected chi connectivity index (χ2v) is 14.1. The van der Waals surface area contributed by atoms with Gasteiger partial charge in [0.05, 0.1) is 0 Å². The van der Waals surface area contributed by atoms with Crippen LogP contribution in [0.4, 0.5) is 0 Å². The molecular formula is C31H52. The van der Waals surface area contributed by atoms with E-state index in [1.54, 1.807) is 0 Å². The largest absolute Gasteiger partial charge is 0.0852 e. The topological polar surface area (TPSA) is 0 Å². The van der Waals surface area contributed by atoms with E-state index in [0.717, 1.165) is 29.6 Å². The molecule has 176 valence electrons. The maximum Gasteiger partial charge on any atom is -0.00790 e. The fraction of sp³-hybridized carbons (Fsp3) is 0.871. The van der Waals surface area contributed by atoms with Crippen LogP contribution in [0.25, 0.3) is 0 Å². The van der Waals surface area contributed by atoms with E-state index in [-0.39, 0.29) is 0 Å². The van der Waals surface area contributed by atoms with Gasteiger partial charge in [0.25, 0.3) is 0 Å². The van der Waals surface area contributed by atoms with Crippen molar-refractivity contribution in [3.63, 3.8) is 0 Å². The fourth-order valence-electron chi connectivity index (χ4n) is 9.55. The Morgan fingerprint density at radius 3 is 2.19 bits per heavy atom. The van der Waals surface area contributed by atoms with Crippen LogP contribution >= 0.6 is 0 Å². The lowest BCUT2D eigenvalue weighted by atomic mass is 9.38. The molecule has 0 aromatic heterocycles. The lowest BCUT2D eigenvalue weighted by Crippen LogP contribution is -2.59. The molecule has 6 unspecified atom stereocenters. The molecule has 0 amide bonds. The Hall–Kier alpha value is -0.520. The highest BCUT2D eigenvalue weighted by Gasteiger charge is 2.66. The van der Waals surface area contributed by atoms with Crippen LogP contribution in [0.1, 0.15) is 107 Å². The Bertz CT molecular complexity index is 728. The van der Waals surface area contributed by atoms with Gasteiger partial charge in [0.1, 0.15) is 0 Å². The Kier molecular flexibility index (Phi) is 5.92. The van der Waals surface area contributed by atoms with Crippen molar-refractivity contribution in [2.75, 3.05) is 0 Å². The number of rotatable bonds is 4. The first-order valence-corrected chi connectivity index (χ1v) is 13.8. The monoisotopic (exact) mass is 424 g/mol. The normalized spacial score (nSPS) is 51.4. The van der Waals surface area contributed by atoms with E-state index >= 15 is 0 Å². The third-order valence-electron chi connectivity index (χ3n) is 12.1. The van der Waals surface area contributed by atoms with Crippen LogP contribution in [-0.4, -0.2) is 0 Å². The van der Waals surface area contributed by atoms with Crippen LogP contribution in [-0.2, 0) is 0 Å². The van der Waals surface area contributed by atoms with Crippen LogP contribution in [0.5, 0.6) is 0 Å². The maximum atomic E-state index is 2.77. The summed E-state index contributed by atoms with van der Waals surface area (Å²) in [4.78, 5) is 0. The van der Waals surface area contributed by atoms with Gasteiger partial charge in [-0.25, -0.2) is 0 Å². The SMILES string of the molecule is CC1CC[C@]2(C)C3CC[C@]4(C)C(C(C)/C=C/C(C)C(C)C)CCC4[C@@]3(C)C=C[C@@]2(C)C1. The van der Waals surface area contributed by atoms with Gasteiger partial charge in [-0.05, 0) is 102 Å².